The van der Waals surface area contributed by atoms with Crippen LogP contribution in [-0.2, 0) is 6.54 Å². The van der Waals surface area contributed by atoms with Gasteiger partial charge in [-0.25, -0.2) is 0 Å². The van der Waals surface area contributed by atoms with Gasteiger partial charge in [0.15, 0.2) is 0 Å². The van der Waals surface area contributed by atoms with E-state index in [1.807, 2.05) is 12.4 Å². The first-order chi connectivity index (χ1) is 11.2. The molecule has 1 N–H and O–H groups in total. The fourth-order valence-electron chi connectivity index (χ4n) is 3.03. The van der Waals surface area contributed by atoms with Gasteiger partial charge in [0.25, 0.3) is 0 Å². The zero-order chi connectivity index (χ0) is 16.1. The molecule has 1 aliphatic heterocycles. The van der Waals surface area contributed by atoms with Crippen molar-refractivity contribution in [3.63, 3.8) is 0 Å². The Balaban J connectivity index is 1.73. The van der Waals surface area contributed by atoms with Crippen LogP contribution in [0.25, 0.3) is 0 Å². The predicted octanol–water partition coefficient (Wildman–Crippen LogP) is 3.02. The third kappa shape index (κ3) is 4.30. The fourth-order valence-corrected chi connectivity index (χ4v) is 3.03. The van der Waals surface area contributed by atoms with Crippen molar-refractivity contribution in [3.05, 3.63) is 59.9 Å². The molecule has 0 radical (unpaired) electrons. The number of pyridine rings is 1. The van der Waals surface area contributed by atoms with Gasteiger partial charge in [0.05, 0.1) is 6.10 Å². The third-order valence-electron chi connectivity index (χ3n) is 4.13. The Bertz CT molecular complexity index is 598. The molecule has 0 spiro atoms. The predicted molar refractivity (Wildman–Crippen MR) is 92.5 cm³/mol. The van der Waals surface area contributed by atoms with Crippen LogP contribution >= 0.6 is 0 Å². The number of piperazine rings is 1. The van der Waals surface area contributed by atoms with E-state index in [1.54, 1.807) is 0 Å². The molecule has 0 bridgehead atoms. The number of hydrogen-bond acceptors (Lipinski definition) is 4. The highest BCUT2D eigenvalue weighted by molar-refractivity contribution is 5.30. The highest BCUT2D eigenvalue weighted by Gasteiger charge is 2.23. The summed E-state index contributed by atoms with van der Waals surface area (Å²) >= 11 is 0. The van der Waals surface area contributed by atoms with Gasteiger partial charge in [0.1, 0.15) is 5.75 Å². The molecule has 1 aromatic heterocycles. The highest BCUT2D eigenvalue weighted by atomic mass is 16.5. The number of hydrogen-bond donors (Lipinski definition) is 1. The lowest BCUT2D eigenvalue weighted by Crippen LogP contribution is -2.45. The molecule has 0 saturated carbocycles. The van der Waals surface area contributed by atoms with Gasteiger partial charge in [0.2, 0.25) is 0 Å². The van der Waals surface area contributed by atoms with E-state index in [1.165, 1.54) is 11.1 Å². The molecule has 1 unspecified atom stereocenters. The molecule has 4 nitrogen and oxygen atoms in total. The van der Waals surface area contributed by atoms with E-state index in [0.717, 1.165) is 31.9 Å². The average Bonchev–Trinajstić information content (AvgIpc) is 2.57. The van der Waals surface area contributed by atoms with Crippen molar-refractivity contribution in [2.45, 2.75) is 32.5 Å². The largest absolute Gasteiger partial charge is 0.491 e. The second kappa shape index (κ2) is 7.57. The molecule has 1 atom stereocenters. The normalized spacial score (nSPS) is 19.0. The van der Waals surface area contributed by atoms with Crippen LogP contribution in [0, 0.1) is 0 Å². The zero-order valence-electron chi connectivity index (χ0n) is 13.9. The van der Waals surface area contributed by atoms with Crippen LogP contribution in [0.1, 0.15) is 31.0 Å². The summed E-state index contributed by atoms with van der Waals surface area (Å²) in [6.07, 6.45) is 3.94. The van der Waals surface area contributed by atoms with E-state index >= 15 is 0 Å². The van der Waals surface area contributed by atoms with Crippen LogP contribution in [-0.4, -0.2) is 35.6 Å². The van der Waals surface area contributed by atoms with Gasteiger partial charge >= 0.3 is 0 Å². The lowest BCUT2D eigenvalue weighted by Gasteiger charge is -2.36. The monoisotopic (exact) mass is 311 g/mol. The van der Waals surface area contributed by atoms with E-state index < -0.39 is 0 Å². The van der Waals surface area contributed by atoms with Crippen LogP contribution in [0.3, 0.4) is 0 Å². The minimum atomic E-state index is 0.209. The molecule has 4 heteroatoms. The van der Waals surface area contributed by atoms with Crippen molar-refractivity contribution in [1.29, 1.82) is 0 Å². The minimum Gasteiger partial charge on any atom is -0.491 e. The number of benzene rings is 1. The maximum atomic E-state index is 5.74. The maximum absolute atomic E-state index is 5.74. The van der Waals surface area contributed by atoms with Crippen molar-refractivity contribution < 1.29 is 4.74 Å². The smallest absolute Gasteiger partial charge is 0.119 e. The Morgan fingerprint density at radius 1 is 1.17 bits per heavy atom. The molecule has 1 fully saturated rings. The third-order valence-corrected chi connectivity index (χ3v) is 4.13. The molecule has 1 aromatic carbocycles. The molecule has 0 amide bonds. The molecule has 0 aliphatic carbocycles. The Morgan fingerprint density at radius 3 is 2.61 bits per heavy atom. The van der Waals surface area contributed by atoms with E-state index in [4.69, 9.17) is 4.74 Å². The Hall–Kier alpha value is -1.91. The van der Waals surface area contributed by atoms with E-state index in [-0.39, 0.29) is 6.10 Å². The Morgan fingerprint density at radius 2 is 1.91 bits per heavy atom. The summed E-state index contributed by atoms with van der Waals surface area (Å²) in [5.74, 6) is 0.938. The van der Waals surface area contributed by atoms with Gasteiger partial charge in [-0.15, -0.1) is 0 Å². The lowest BCUT2D eigenvalue weighted by atomic mass is 10.0. The van der Waals surface area contributed by atoms with E-state index in [2.05, 4.69) is 65.4 Å². The summed E-state index contributed by atoms with van der Waals surface area (Å²) < 4.78 is 5.74. The Kier molecular flexibility index (Phi) is 5.26. The standard InChI is InChI=1S/C19H25N3O/c1-15(2)23-18-5-3-17(4-6-18)19-13-21-11-12-22(19)14-16-7-9-20-10-8-16/h3-10,15,19,21H,11-14H2,1-2H3. The van der Waals surface area contributed by atoms with Gasteiger partial charge in [-0.05, 0) is 49.2 Å². The molecule has 1 saturated heterocycles. The zero-order valence-corrected chi connectivity index (χ0v) is 13.9. The topological polar surface area (TPSA) is 37.4 Å². The van der Waals surface area contributed by atoms with Gasteiger partial charge in [-0.1, -0.05) is 12.1 Å². The van der Waals surface area contributed by atoms with Crippen LogP contribution in [0.15, 0.2) is 48.8 Å². The van der Waals surface area contributed by atoms with Gasteiger partial charge in [0, 0.05) is 44.6 Å². The number of nitrogens with zero attached hydrogens (tertiary/aromatic N) is 2. The van der Waals surface area contributed by atoms with Crippen molar-refractivity contribution in [1.82, 2.24) is 15.2 Å². The first kappa shape index (κ1) is 16.0. The van der Waals surface area contributed by atoms with Crippen LogP contribution < -0.4 is 10.1 Å². The molecule has 2 heterocycles. The average molecular weight is 311 g/mol. The molecule has 2 aromatic rings. The summed E-state index contributed by atoms with van der Waals surface area (Å²) in [6.45, 7) is 8.13. The maximum Gasteiger partial charge on any atom is 0.119 e. The Labute approximate surface area is 138 Å². The first-order valence-corrected chi connectivity index (χ1v) is 8.32. The summed E-state index contributed by atoms with van der Waals surface area (Å²) in [7, 11) is 0. The molecular formula is C19H25N3O. The lowest BCUT2D eigenvalue weighted by molar-refractivity contribution is 0.153. The van der Waals surface area contributed by atoms with Crippen LogP contribution in [0.5, 0.6) is 5.75 Å². The van der Waals surface area contributed by atoms with Crippen molar-refractivity contribution in [3.8, 4) is 5.75 Å². The van der Waals surface area contributed by atoms with E-state index in [0.29, 0.717) is 6.04 Å². The highest BCUT2D eigenvalue weighted by Crippen LogP contribution is 2.26. The van der Waals surface area contributed by atoms with Gasteiger partial charge in [-0.3, -0.25) is 9.88 Å². The summed E-state index contributed by atoms with van der Waals surface area (Å²) in [5, 5.41) is 3.51. The van der Waals surface area contributed by atoms with Crippen LogP contribution in [0.4, 0.5) is 0 Å². The molecule has 1 aliphatic rings. The van der Waals surface area contributed by atoms with Crippen molar-refractivity contribution >= 4 is 0 Å². The number of ether oxygens (including phenoxy) is 1. The number of nitrogens with one attached hydrogen (secondary N) is 1. The van der Waals surface area contributed by atoms with E-state index in [9.17, 15) is 0 Å². The summed E-state index contributed by atoms with van der Waals surface area (Å²) in [5.41, 5.74) is 2.65. The van der Waals surface area contributed by atoms with Crippen molar-refractivity contribution in [2.24, 2.45) is 0 Å². The van der Waals surface area contributed by atoms with Gasteiger partial charge < -0.3 is 10.1 Å². The number of rotatable bonds is 5. The molecule has 3 rings (SSSR count). The minimum absolute atomic E-state index is 0.209. The van der Waals surface area contributed by atoms with Gasteiger partial charge in [-0.2, -0.15) is 0 Å². The van der Waals surface area contributed by atoms with Crippen molar-refractivity contribution in [2.75, 3.05) is 19.6 Å². The quantitative estimate of drug-likeness (QED) is 0.921. The molecule has 23 heavy (non-hydrogen) atoms. The SMILES string of the molecule is CC(C)Oc1ccc(C2CNCCN2Cc2ccncc2)cc1. The molecule has 122 valence electrons. The summed E-state index contributed by atoms with van der Waals surface area (Å²) in [4.78, 5) is 6.64. The summed E-state index contributed by atoms with van der Waals surface area (Å²) in [6, 6.07) is 13.1. The van der Waals surface area contributed by atoms with Crippen LogP contribution in [0.2, 0.25) is 0 Å². The second-order valence-electron chi connectivity index (χ2n) is 6.28. The molecular weight excluding hydrogens is 286 g/mol. The second-order valence-corrected chi connectivity index (χ2v) is 6.28. The first-order valence-electron chi connectivity index (χ1n) is 8.32. The fraction of sp³-hybridized carbons (Fsp3) is 0.421. The number of aromatic nitrogens is 1.